The van der Waals surface area contributed by atoms with Gasteiger partial charge in [0.2, 0.25) is 11.8 Å². The molecule has 2 aromatic carbocycles. The number of imidazole rings is 1. The number of ether oxygens (including phenoxy) is 2. The number of hydrogen-bond donors (Lipinski definition) is 4. The molecule has 0 radical (unpaired) electrons. The lowest BCUT2D eigenvalue weighted by Crippen LogP contribution is -2.31. The van der Waals surface area contributed by atoms with Crippen molar-refractivity contribution in [2.24, 2.45) is 11.7 Å². The predicted octanol–water partition coefficient (Wildman–Crippen LogP) is 3.04. The van der Waals surface area contributed by atoms with E-state index in [9.17, 15) is 14.4 Å². The SMILES string of the molecule is CC[C@@H](CCC(=O)NCCOC(=O)NCc1ccc(Cn2c(CCOC)nc3c(N)nc4ccccc4c32)cc1)C(N)=O. The molecule has 228 valence electrons. The monoisotopic (exact) mass is 589 g/mol. The Kier molecular flexibility index (Phi) is 10.9. The lowest BCUT2D eigenvalue weighted by molar-refractivity contribution is -0.123. The number of nitrogens with zero attached hydrogens (tertiary/aromatic N) is 3. The van der Waals surface area contributed by atoms with Crippen LogP contribution < -0.4 is 22.1 Å². The molecule has 0 aliphatic carbocycles. The second kappa shape index (κ2) is 15.0. The van der Waals surface area contributed by atoms with Crippen LogP contribution in [-0.2, 0) is 38.6 Å². The van der Waals surface area contributed by atoms with Gasteiger partial charge in [0.25, 0.3) is 0 Å². The molecule has 0 saturated heterocycles. The average molecular weight is 590 g/mol. The number of nitrogens with two attached hydrogens (primary N) is 2. The van der Waals surface area contributed by atoms with Crippen LogP contribution in [0.25, 0.3) is 21.9 Å². The van der Waals surface area contributed by atoms with Crippen LogP contribution in [0.3, 0.4) is 0 Å². The summed E-state index contributed by atoms with van der Waals surface area (Å²) in [5, 5.41) is 6.37. The van der Waals surface area contributed by atoms with Gasteiger partial charge in [-0.3, -0.25) is 9.59 Å². The molecule has 12 heteroatoms. The number of nitrogens with one attached hydrogen (secondary N) is 2. The van der Waals surface area contributed by atoms with Gasteiger partial charge in [0.05, 0.1) is 24.2 Å². The number of pyridine rings is 1. The van der Waals surface area contributed by atoms with E-state index in [-0.39, 0.29) is 37.9 Å². The minimum Gasteiger partial charge on any atom is -0.448 e. The van der Waals surface area contributed by atoms with Crippen LogP contribution in [-0.4, -0.2) is 59.3 Å². The summed E-state index contributed by atoms with van der Waals surface area (Å²) in [6, 6.07) is 15.8. The van der Waals surface area contributed by atoms with Crippen LogP contribution in [0, 0.1) is 5.92 Å². The number of nitrogen functional groups attached to an aromatic ring is 1. The molecule has 43 heavy (non-hydrogen) atoms. The zero-order valence-electron chi connectivity index (χ0n) is 24.6. The number of carbonyl (C=O) groups excluding carboxylic acids is 3. The summed E-state index contributed by atoms with van der Waals surface area (Å²) < 4.78 is 12.6. The number of primary amides is 1. The third-order valence-electron chi connectivity index (χ3n) is 7.29. The van der Waals surface area contributed by atoms with Gasteiger partial charge in [-0.2, -0.15) is 0 Å². The summed E-state index contributed by atoms with van der Waals surface area (Å²) in [5.41, 5.74) is 16.0. The van der Waals surface area contributed by atoms with E-state index in [1.165, 1.54) is 0 Å². The molecular weight excluding hydrogens is 550 g/mol. The number of benzene rings is 2. The standard InChI is InChI=1S/C31H39N7O5/c1-3-22(30(33)40)12-13-26(39)34-15-17-43-31(41)35-18-20-8-10-21(11-9-20)19-38-25(14-16-42-2)37-27-28(38)23-6-4-5-7-24(23)36-29(27)32/h4-11,22H,3,12-19H2,1-2H3,(H2,32,36)(H2,33,40)(H,34,39)(H,35,41)/t22-/m0/s1. The molecule has 6 N–H and O–H groups in total. The Morgan fingerprint density at radius 3 is 2.47 bits per heavy atom. The fraction of sp³-hybridized carbons (Fsp3) is 0.387. The third-order valence-corrected chi connectivity index (χ3v) is 7.29. The Hall–Kier alpha value is -4.71. The highest BCUT2D eigenvalue weighted by Crippen LogP contribution is 2.29. The molecule has 2 heterocycles. The van der Waals surface area contributed by atoms with Crippen LogP contribution in [0.15, 0.2) is 48.5 Å². The Morgan fingerprint density at radius 1 is 1.00 bits per heavy atom. The summed E-state index contributed by atoms with van der Waals surface area (Å²) in [5.74, 6) is 0.324. The van der Waals surface area contributed by atoms with E-state index in [1.807, 2.05) is 55.5 Å². The maximum atomic E-state index is 12.1. The van der Waals surface area contributed by atoms with E-state index in [1.54, 1.807) is 7.11 Å². The maximum absolute atomic E-state index is 12.1. The van der Waals surface area contributed by atoms with Gasteiger partial charge >= 0.3 is 6.09 Å². The van der Waals surface area contributed by atoms with Gasteiger partial charge in [0, 0.05) is 44.3 Å². The Balaban J connectivity index is 1.31. The number of aromatic nitrogens is 3. The molecule has 0 fully saturated rings. The van der Waals surface area contributed by atoms with Crippen molar-refractivity contribution in [3.63, 3.8) is 0 Å². The van der Waals surface area contributed by atoms with E-state index in [2.05, 4.69) is 20.2 Å². The topological polar surface area (TPSA) is 176 Å². The number of amides is 3. The Morgan fingerprint density at radius 2 is 1.74 bits per heavy atom. The fourth-order valence-corrected chi connectivity index (χ4v) is 4.91. The first-order valence-electron chi connectivity index (χ1n) is 14.4. The minimum atomic E-state index is -0.580. The first-order chi connectivity index (χ1) is 20.8. The molecule has 4 aromatic rings. The van der Waals surface area contributed by atoms with Crippen LogP contribution >= 0.6 is 0 Å². The zero-order chi connectivity index (χ0) is 30.8. The smallest absolute Gasteiger partial charge is 0.407 e. The van der Waals surface area contributed by atoms with Crippen LogP contribution in [0.1, 0.15) is 43.1 Å². The van der Waals surface area contributed by atoms with Gasteiger partial charge in [0.15, 0.2) is 5.82 Å². The molecule has 12 nitrogen and oxygen atoms in total. The number of methoxy groups -OCH3 is 1. The fourth-order valence-electron chi connectivity index (χ4n) is 4.91. The normalized spacial score (nSPS) is 11.9. The minimum absolute atomic E-state index is 0.0303. The molecule has 0 bridgehead atoms. The highest BCUT2D eigenvalue weighted by molar-refractivity contribution is 6.06. The van der Waals surface area contributed by atoms with E-state index < -0.39 is 12.0 Å². The summed E-state index contributed by atoms with van der Waals surface area (Å²) in [7, 11) is 1.66. The number of para-hydroxylation sites is 1. The number of carbonyl (C=O) groups is 3. The first kappa shape index (κ1) is 31.2. The molecule has 0 aliphatic rings. The Labute approximate surface area is 250 Å². The molecule has 2 aromatic heterocycles. The molecule has 0 unspecified atom stereocenters. The number of anilines is 1. The quantitative estimate of drug-likeness (QED) is 0.153. The van der Waals surface area contributed by atoms with Crippen molar-refractivity contribution >= 4 is 45.7 Å². The molecule has 0 saturated carbocycles. The summed E-state index contributed by atoms with van der Waals surface area (Å²) in [6.07, 6.45) is 1.23. The molecule has 3 amide bonds. The summed E-state index contributed by atoms with van der Waals surface area (Å²) in [4.78, 5) is 44.7. The number of rotatable bonds is 15. The van der Waals surface area contributed by atoms with E-state index in [0.29, 0.717) is 43.7 Å². The lowest BCUT2D eigenvalue weighted by atomic mass is 10.00. The highest BCUT2D eigenvalue weighted by Gasteiger charge is 2.18. The van der Waals surface area contributed by atoms with E-state index >= 15 is 0 Å². The molecule has 0 spiro atoms. The predicted molar refractivity (Wildman–Crippen MR) is 164 cm³/mol. The average Bonchev–Trinajstić information content (AvgIpc) is 3.36. The lowest BCUT2D eigenvalue weighted by Gasteiger charge is -2.12. The van der Waals surface area contributed by atoms with E-state index in [0.717, 1.165) is 33.4 Å². The molecule has 4 rings (SSSR count). The maximum Gasteiger partial charge on any atom is 0.407 e. The number of alkyl carbamates (subject to hydrolysis) is 1. The van der Waals surface area contributed by atoms with Crippen molar-refractivity contribution in [3.05, 3.63) is 65.5 Å². The van der Waals surface area contributed by atoms with Crippen LogP contribution in [0.2, 0.25) is 0 Å². The van der Waals surface area contributed by atoms with Crippen molar-refractivity contribution in [3.8, 4) is 0 Å². The van der Waals surface area contributed by atoms with Crippen molar-refractivity contribution in [2.75, 3.05) is 32.6 Å². The van der Waals surface area contributed by atoms with Crippen LogP contribution in [0.4, 0.5) is 10.6 Å². The largest absolute Gasteiger partial charge is 0.448 e. The Bertz CT molecular complexity index is 1570. The summed E-state index contributed by atoms with van der Waals surface area (Å²) >= 11 is 0. The highest BCUT2D eigenvalue weighted by atomic mass is 16.5. The first-order valence-corrected chi connectivity index (χ1v) is 14.4. The van der Waals surface area contributed by atoms with Gasteiger partial charge in [-0.1, -0.05) is 49.4 Å². The van der Waals surface area contributed by atoms with Crippen molar-refractivity contribution in [2.45, 2.75) is 45.7 Å². The zero-order valence-corrected chi connectivity index (χ0v) is 24.6. The second-order valence-electron chi connectivity index (χ2n) is 10.3. The van der Waals surface area contributed by atoms with Gasteiger partial charge in [-0.25, -0.2) is 14.8 Å². The number of fused-ring (bicyclic) bond motifs is 3. The van der Waals surface area contributed by atoms with Crippen molar-refractivity contribution < 1.29 is 23.9 Å². The van der Waals surface area contributed by atoms with Crippen molar-refractivity contribution in [1.82, 2.24) is 25.2 Å². The third kappa shape index (κ3) is 8.19. The molecular formula is C31H39N7O5. The van der Waals surface area contributed by atoms with Gasteiger partial charge in [0.1, 0.15) is 17.9 Å². The van der Waals surface area contributed by atoms with Gasteiger partial charge in [-0.15, -0.1) is 0 Å². The van der Waals surface area contributed by atoms with Crippen LogP contribution in [0.5, 0.6) is 0 Å². The number of hydrogen-bond acceptors (Lipinski definition) is 8. The van der Waals surface area contributed by atoms with Gasteiger partial charge in [-0.05, 0) is 30.0 Å². The summed E-state index contributed by atoms with van der Waals surface area (Å²) in [6.45, 7) is 3.46. The second-order valence-corrected chi connectivity index (χ2v) is 10.3. The van der Waals surface area contributed by atoms with Gasteiger partial charge < -0.3 is 36.1 Å². The molecule has 1 atom stereocenters. The van der Waals surface area contributed by atoms with E-state index in [4.69, 9.17) is 25.9 Å². The van der Waals surface area contributed by atoms with Crippen molar-refractivity contribution in [1.29, 1.82) is 0 Å². The molecule has 0 aliphatic heterocycles.